The van der Waals surface area contributed by atoms with Crippen LogP contribution in [-0.4, -0.2) is 15.8 Å². The van der Waals surface area contributed by atoms with Crippen molar-refractivity contribution in [3.63, 3.8) is 0 Å². The van der Waals surface area contributed by atoms with Crippen molar-refractivity contribution in [3.8, 4) is 0 Å². The molecule has 0 spiro atoms. The van der Waals surface area contributed by atoms with Crippen LogP contribution in [-0.2, 0) is 6.18 Å². The second-order valence-electron chi connectivity index (χ2n) is 7.02. The van der Waals surface area contributed by atoms with Crippen molar-refractivity contribution < 1.29 is 22.9 Å². The van der Waals surface area contributed by atoms with Gasteiger partial charge >= 0.3 is 6.18 Å². The molecule has 0 saturated carbocycles. The molecular formula is C23H15F3N4O3. The van der Waals surface area contributed by atoms with Gasteiger partial charge < -0.3 is 10.6 Å². The van der Waals surface area contributed by atoms with Gasteiger partial charge in [-0.3, -0.25) is 19.9 Å². The van der Waals surface area contributed by atoms with Crippen LogP contribution in [0.5, 0.6) is 0 Å². The summed E-state index contributed by atoms with van der Waals surface area (Å²) < 4.78 is 39.1. The fourth-order valence-corrected chi connectivity index (χ4v) is 3.26. The number of carbonyl (C=O) groups is 1. The summed E-state index contributed by atoms with van der Waals surface area (Å²) in [6.45, 7) is 0. The molecule has 1 aromatic heterocycles. The number of non-ortho nitro benzene ring substituents is 1. The molecule has 33 heavy (non-hydrogen) atoms. The molecule has 3 aromatic carbocycles. The van der Waals surface area contributed by atoms with Crippen LogP contribution >= 0.6 is 0 Å². The van der Waals surface area contributed by atoms with Crippen LogP contribution in [0.3, 0.4) is 0 Å². The number of nitro groups is 1. The maximum absolute atomic E-state index is 13.0. The highest BCUT2D eigenvalue weighted by molar-refractivity contribution is 6.09. The summed E-state index contributed by atoms with van der Waals surface area (Å²) >= 11 is 0. The topological polar surface area (TPSA) is 97.2 Å². The zero-order chi connectivity index (χ0) is 23.6. The third-order valence-electron chi connectivity index (χ3n) is 4.83. The Bertz CT molecular complexity index is 1370. The Morgan fingerprint density at radius 2 is 1.73 bits per heavy atom. The third kappa shape index (κ3) is 4.74. The van der Waals surface area contributed by atoms with E-state index < -0.39 is 22.6 Å². The molecule has 2 N–H and O–H groups in total. The Kier molecular flexibility index (Phi) is 5.65. The summed E-state index contributed by atoms with van der Waals surface area (Å²) in [7, 11) is 0. The van der Waals surface area contributed by atoms with Gasteiger partial charge in [-0.15, -0.1) is 0 Å². The number of nitro benzene ring substituents is 1. The molecule has 0 radical (unpaired) electrons. The number of aromatic nitrogens is 1. The summed E-state index contributed by atoms with van der Waals surface area (Å²) in [6, 6.07) is 16.9. The average molecular weight is 452 g/mol. The van der Waals surface area contributed by atoms with E-state index in [9.17, 15) is 28.1 Å². The number of hydrogen-bond donors (Lipinski definition) is 2. The van der Waals surface area contributed by atoms with Gasteiger partial charge in [-0.25, -0.2) is 0 Å². The van der Waals surface area contributed by atoms with Crippen molar-refractivity contribution >= 4 is 39.6 Å². The zero-order valence-electron chi connectivity index (χ0n) is 16.8. The molecule has 0 unspecified atom stereocenters. The molecule has 7 nitrogen and oxygen atoms in total. The molecule has 4 aromatic rings. The van der Waals surface area contributed by atoms with E-state index in [1.165, 1.54) is 36.5 Å². The number of anilines is 3. The van der Waals surface area contributed by atoms with Crippen molar-refractivity contribution in [2.45, 2.75) is 6.18 Å². The molecule has 0 atom stereocenters. The standard InChI is InChI=1S/C23H15F3N4O3/c24-23(25,26)14-8-9-17-20(10-11-27-21(17)12-14)29-19-7-2-1-6-18(19)22(31)28-15-4-3-5-16(13-15)30(32)33/h1-13H,(H,27,29)(H,28,31). The summed E-state index contributed by atoms with van der Waals surface area (Å²) in [4.78, 5) is 27.3. The van der Waals surface area contributed by atoms with Gasteiger partial charge in [-0.2, -0.15) is 13.2 Å². The van der Waals surface area contributed by atoms with Gasteiger partial charge in [0.1, 0.15) is 0 Å². The SMILES string of the molecule is O=C(Nc1cccc([N+](=O)[O-])c1)c1ccccc1Nc1ccnc2cc(C(F)(F)F)ccc12. The Morgan fingerprint density at radius 3 is 2.48 bits per heavy atom. The van der Waals surface area contributed by atoms with Gasteiger partial charge in [0.05, 0.1) is 27.3 Å². The number of amides is 1. The van der Waals surface area contributed by atoms with Gasteiger partial charge in [0.2, 0.25) is 0 Å². The number of pyridine rings is 1. The van der Waals surface area contributed by atoms with Crippen molar-refractivity contribution in [3.05, 3.63) is 100 Å². The first-order valence-electron chi connectivity index (χ1n) is 9.60. The maximum Gasteiger partial charge on any atom is 0.416 e. The largest absolute Gasteiger partial charge is 0.416 e. The number of benzene rings is 3. The number of para-hydroxylation sites is 1. The van der Waals surface area contributed by atoms with Gasteiger partial charge in [0, 0.05) is 35.1 Å². The lowest BCUT2D eigenvalue weighted by molar-refractivity contribution is -0.384. The lowest BCUT2D eigenvalue weighted by atomic mass is 10.1. The minimum atomic E-state index is -4.49. The van der Waals surface area contributed by atoms with Crippen molar-refractivity contribution in [1.29, 1.82) is 0 Å². The second-order valence-corrected chi connectivity index (χ2v) is 7.02. The number of fused-ring (bicyclic) bond motifs is 1. The monoisotopic (exact) mass is 452 g/mol. The molecule has 1 heterocycles. The quantitative estimate of drug-likeness (QED) is 0.279. The number of carbonyl (C=O) groups excluding carboxylic acids is 1. The van der Waals surface area contributed by atoms with Crippen LogP contribution in [0.4, 0.5) is 35.9 Å². The number of nitrogens with zero attached hydrogens (tertiary/aromatic N) is 2. The maximum atomic E-state index is 13.0. The molecular weight excluding hydrogens is 437 g/mol. The van der Waals surface area contributed by atoms with Gasteiger partial charge in [-0.1, -0.05) is 24.3 Å². The van der Waals surface area contributed by atoms with Crippen LogP contribution in [0.15, 0.2) is 79.0 Å². The molecule has 1 amide bonds. The van der Waals surface area contributed by atoms with E-state index in [1.807, 2.05) is 0 Å². The first-order valence-corrected chi connectivity index (χ1v) is 9.60. The second kappa shape index (κ2) is 8.58. The van der Waals surface area contributed by atoms with Gasteiger partial charge in [0.15, 0.2) is 0 Å². The molecule has 4 rings (SSSR count). The fourth-order valence-electron chi connectivity index (χ4n) is 3.26. The lowest BCUT2D eigenvalue weighted by Crippen LogP contribution is -2.14. The van der Waals surface area contributed by atoms with E-state index >= 15 is 0 Å². The smallest absolute Gasteiger partial charge is 0.354 e. The number of hydrogen-bond acceptors (Lipinski definition) is 5. The van der Waals surface area contributed by atoms with Crippen molar-refractivity contribution in [2.75, 3.05) is 10.6 Å². The van der Waals surface area contributed by atoms with Gasteiger partial charge in [-0.05, 0) is 36.4 Å². The summed E-state index contributed by atoms with van der Waals surface area (Å²) in [5.74, 6) is -0.517. The van der Waals surface area contributed by atoms with E-state index in [0.29, 0.717) is 16.8 Å². The first-order chi connectivity index (χ1) is 15.7. The van der Waals surface area contributed by atoms with E-state index in [2.05, 4.69) is 15.6 Å². The van der Waals surface area contributed by atoms with Crippen LogP contribution in [0.1, 0.15) is 15.9 Å². The van der Waals surface area contributed by atoms with Crippen molar-refractivity contribution in [1.82, 2.24) is 4.98 Å². The molecule has 0 aliphatic rings. The number of nitrogens with one attached hydrogen (secondary N) is 2. The number of rotatable bonds is 5. The Balaban J connectivity index is 1.64. The Morgan fingerprint density at radius 1 is 0.939 bits per heavy atom. The Labute approximate surface area is 185 Å². The normalized spacial score (nSPS) is 11.2. The molecule has 0 fully saturated rings. The first kappa shape index (κ1) is 21.8. The fraction of sp³-hybridized carbons (Fsp3) is 0.0435. The molecule has 0 saturated heterocycles. The highest BCUT2D eigenvalue weighted by Gasteiger charge is 2.30. The minimum absolute atomic E-state index is 0.147. The van der Waals surface area contributed by atoms with Crippen LogP contribution < -0.4 is 10.6 Å². The zero-order valence-corrected chi connectivity index (χ0v) is 16.8. The molecule has 0 aliphatic heterocycles. The number of alkyl halides is 3. The molecule has 0 bridgehead atoms. The summed E-state index contributed by atoms with van der Waals surface area (Å²) in [5, 5.41) is 17.1. The predicted octanol–water partition coefficient (Wildman–Crippen LogP) is 6.16. The predicted molar refractivity (Wildman–Crippen MR) is 118 cm³/mol. The highest BCUT2D eigenvalue weighted by Crippen LogP contribution is 2.33. The minimum Gasteiger partial charge on any atom is -0.354 e. The van der Waals surface area contributed by atoms with Gasteiger partial charge in [0.25, 0.3) is 11.6 Å². The third-order valence-corrected chi connectivity index (χ3v) is 4.83. The number of halogens is 3. The van der Waals surface area contributed by atoms with E-state index in [1.54, 1.807) is 30.3 Å². The molecule has 166 valence electrons. The Hall–Kier alpha value is -4.47. The average Bonchev–Trinajstić information content (AvgIpc) is 2.79. The highest BCUT2D eigenvalue weighted by atomic mass is 19.4. The van der Waals surface area contributed by atoms with Crippen LogP contribution in [0, 0.1) is 10.1 Å². The molecule has 10 heteroatoms. The van der Waals surface area contributed by atoms with Crippen LogP contribution in [0.25, 0.3) is 10.9 Å². The van der Waals surface area contributed by atoms with E-state index in [4.69, 9.17) is 0 Å². The molecule has 0 aliphatic carbocycles. The van der Waals surface area contributed by atoms with E-state index in [-0.39, 0.29) is 22.5 Å². The van der Waals surface area contributed by atoms with Crippen molar-refractivity contribution in [2.24, 2.45) is 0 Å². The summed E-state index contributed by atoms with van der Waals surface area (Å²) in [5.41, 5.74) is 0.515. The van der Waals surface area contributed by atoms with Crippen LogP contribution in [0.2, 0.25) is 0 Å². The lowest BCUT2D eigenvalue weighted by Gasteiger charge is -2.14. The van der Waals surface area contributed by atoms with E-state index in [0.717, 1.165) is 12.1 Å². The summed E-state index contributed by atoms with van der Waals surface area (Å²) in [6.07, 6.45) is -3.12.